The molecule has 0 aromatic carbocycles. The van der Waals surface area contributed by atoms with E-state index in [0.29, 0.717) is 0 Å². The summed E-state index contributed by atoms with van der Waals surface area (Å²) in [6, 6.07) is 0. The number of rotatable bonds is 0. The van der Waals surface area contributed by atoms with Crippen molar-refractivity contribution in [2.75, 3.05) is 0 Å². The smallest absolute Gasteiger partial charge is 1.00 e. The van der Waals surface area contributed by atoms with Gasteiger partial charge in [-0.2, -0.15) is 0 Å². The minimum absolute atomic E-state index is 0. The normalized spacial score (nSPS) is 8.43. The van der Waals surface area contributed by atoms with Crippen LogP contribution in [0.1, 0.15) is 1.43 Å². The van der Waals surface area contributed by atoms with Crippen molar-refractivity contribution in [2.24, 2.45) is 0 Å². The second-order valence-corrected chi connectivity index (χ2v) is 3.08. The molecule has 0 heterocycles. The molecule has 0 aliphatic carbocycles. The molecule has 0 fully saturated rings. The molecule has 14 heavy (non-hydrogen) atoms. The molecule has 0 saturated carbocycles. The Hall–Kier alpha value is 3.58. The SMILES string of the molecule is O=P(O)(O)O.O=P(O)(O)O.[Ag].[Ag].[H-].[Na+].[Zr]. The Bertz CT molecular complexity index is 143. The van der Waals surface area contributed by atoms with E-state index < -0.39 is 15.6 Å². The van der Waals surface area contributed by atoms with Gasteiger partial charge >= 0.3 is 45.2 Å². The predicted molar refractivity (Wildman–Crippen MR) is 29.6 cm³/mol. The first-order chi connectivity index (χ1) is 4.00. The summed E-state index contributed by atoms with van der Waals surface area (Å²) in [6.45, 7) is 0. The summed E-state index contributed by atoms with van der Waals surface area (Å²) in [5.74, 6) is 0. The van der Waals surface area contributed by atoms with Crippen molar-refractivity contribution in [3.8, 4) is 0 Å². The molecule has 0 unspecified atom stereocenters. The molecule has 2 radical (unpaired) electrons. The van der Waals surface area contributed by atoms with Gasteiger partial charge in [0.15, 0.2) is 0 Å². The monoisotopic (exact) mass is 524 g/mol. The maximum absolute atomic E-state index is 8.88. The van der Waals surface area contributed by atoms with Crippen LogP contribution in [0.3, 0.4) is 0 Å². The molecular formula is H7Ag2NaO8P2Zr. The Morgan fingerprint density at radius 1 is 0.714 bits per heavy atom. The van der Waals surface area contributed by atoms with Gasteiger partial charge in [0, 0.05) is 71.0 Å². The van der Waals surface area contributed by atoms with Gasteiger partial charge in [0.1, 0.15) is 0 Å². The van der Waals surface area contributed by atoms with Gasteiger partial charge in [0.25, 0.3) is 0 Å². The third-order valence-corrected chi connectivity index (χ3v) is 0. The molecule has 0 spiro atoms. The largest absolute Gasteiger partial charge is 1.00 e. The van der Waals surface area contributed by atoms with Gasteiger partial charge in [0.2, 0.25) is 0 Å². The topological polar surface area (TPSA) is 156 Å². The summed E-state index contributed by atoms with van der Waals surface area (Å²) in [5, 5.41) is 0. The summed E-state index contributed by atoms with van der Waals surface area (Å²) in [4.78, 5) is 43.1. The van der Waals surface area contributed by atoms with E-state index in [-0.39, 0.29) is 102 Å². The summed E-state index contributed by atoms with van der Waals surface area (Å²) in [6.07, 6.45) is 0. The molecular weight excluding hydrogens is 520 g/mol. The van der Waals surface area contributed by atoms with Crippen LogP contribution in [0.2, 0.25) is 0 Å². The quantitative estimate of drug-likeness (QED) is 0.136. The Kier molecular flexibility index (Phi) is 42.7. The molecule has 6 N–H and O–H groups in total. The molecule has 0 amide bonds. The maximum atomic E-state index is 8.88. The third-order valence-electron chi connectivity index (χ3n) is 0. The Balaban J connectivity index is -0.0000000128. The van der Waals surface area contributed by atoms with Crippen molar-refractivity contribution in [3.05, 3.63) is 0 Å². The minimum Gasteiger partial charge on any atom is -1.00 e. The van der Waals surface area contributed by atoms with Crippen molar-refractivity contribution in [2.45, 2.75) is 0 Å². The molecule has 0 aliphatic heterocycles. The first-order valence-corrected chi connectivity index (χ1v) is 4.70. The summed E-state index contributed by atoms with van der Waals surface area (Å²) in [5.41, 5.74) is 0. The molecule has 0 rings (SSSR count). The van der Waals surface area contributed by atoms with E-state index in [9.17, 15) is 0 Å². The van der Waals surface area contributed by atoms with Crippen molar-refractivity contribution in [1.82, 2.24) is 0 Å². The zero-order valence-electron chi connectivity index (χ0n) is 7.50. The van der Waals surface area contributed by atoms with Crippen molar-refractivity contribution >= 4 is 15.6 Å². The minimum atomic E-state index is -4.64. The maximum Gasteiger partial charge on any atom is 1.00 e. The molecule has 0 aliphatic rings. The second-order valence-electron chi connectivity index (χ2n) is 1.03. The van der Waals surface area contributed by atoms with Crippen LogP contribution in [0.25, 0.3) is 0 Å². The molecule has 0 bridgehead atoms. The van der Waals surface area contributed by atoms with Gasteiger partial charge in [-0.3, -0.25) is 0 Å². The fourth-order valence-corrected chi connectivity index (χ4v) is 0. The van der Waals surface area contributed by atoms with Gasteiger partial charge in [0.05, 0.1) is 0 Å². The fraction of sp³-hybridized carbons (Fsp3) is 0. The van der Waals surface area contributed by atoms with E-state index in [1.54, 1.807) is 0 Å². The second kappa shape index (κ2) is 16.6. The number of phosphoric acid groups is 2. The zero-order valence-corrected chi connectivity index (χ0v) is 15.7. The Labute approximate surface area is 154 Å². The van der Waals surface area contributed by atoms with Crippen LogP contribution in [0.4, 0.5) is 0 Å². The van der Waals surface area contributed by atoms with Crippen LogP contribution in [-0.2, 0) is 80.1 Å². The van der Waals surface area contributed by atoms with E-state index in [4.69, 9.17) is 38.5 Å². The van der Waals surface area contributed by atoms with Gasteiger partial charge in [-0.15, -0.1) is 0 Å². The molecule has 0 aromatic heterocycles. The Morgan fingerprint density at radius 3 is 0.714 bits per heavy atom. The molecule has 0 saturated heterocycles. The van der Waals surface area contributed by atoms with Gasteiger partial charge in [-0.25, -0.2) is 9.13 Å². The van der Waals surface area contributed by atoms with Crippen LogP contribution in [0.15, 0.2) is 0 Å². The van der Waals surface area contributed by atoms with E-state index in [1.165, 1.54) is 0 Å². The van der Waals surface area contributed by atoms with Gasteiger partial charge in [-0.05, 0) is 0 Å². The van der Waals surface area contributed by atoms with E-state index >= 15 is 0 Å². The van der Waals surface area contributed by atoms with Crippen molar-refractivity contribution < 1.29 is 140 Å². The molecule has 0 aromatic rings. The summed E-state index contributed by atoms with van der Waals surface area (Å²) in [7, 11) is -9.28. The average Bonchev–Trinajstić information content (AvgIpc) is 1.12. The van der Waals surface area contributed by atoms with Crippen molar-refractivity contribution in [1.29, 1.82) is 0 Å². The van der Waals surface area contributed by atoms with Crippen LogP contribution in [-0.4, -0.2) is 29.4 Å². The zero-order chi connectivity index (χ0) is 9.00. The predicted octanol–water partition coefficient (Wildman–Crippen LogP) is -4.75. The van der Waals surface area contributed by atoms with E-state index in [2.05, 4.69) is 0 Å². The number of hydrogen-bond donors (Lipinski definition) is 6. The van der Waals surface area contributed by atoms with Crippen LogP contribution < -0.4 is 29.6 Å². The fourth-order valence-electron chi connectivity index (χ4n) is 0. The standard InChI is InChI=1S/2Ag.Na.2H3O4P.Zr.H/c;;;2*1-5(2,3)4;;/h;;;2*(H3,1,2,3,4);;/q;;+1;;;;-1. The summed E-state index contributed by atoms with van der Waals surface area (Å²) >= 11 is 0. The first kappa shape index (κ1) is 36.0. The molecule has 14 heteroatoms. The van der Waals surface area contributed by atoms with Crippen LogP contribution >= 0.6 is 15.6 Å². The molecule has 92 valence electrons. The summed E-state index contributed by atoms with van der Waals surface area (Å²) < 4.78 is 17.8. The first-order valence-electron chi connectivity index (χ1n) is 1.57. The number of hydrogen-bond acceptors (Lipinski definition) is 2. The van der Waals surface area contributed by atoms with E-state index in [0.717, 1.165) is 0 Å². The molecule has 8 nitrogen and oxygen atoms in total. The van der Waals surface area contributed by atoms with E-state index in [1.807, 2.05) is 0 Å². The molecule has 0 atom stereocenters. The van der Waals surface area contributed by atoms with Crippen LogP contribution in [0, 0.1) is 0 Å². The van der Waals surface area contributed by atoms with Crippen LogP contribution in [0.5, 0.6) is 0 Å². The third kappa shape index (κ3) is 258. The van der Waals surface area contributed by atoms with Gasteiger partial charge in [-0.1, -0.05) is 0 Å². The van der Waals surface area contributed by atoms with Crippen molar-refractivity contribution in [3.63, 3.8) is 0 Å². The van der Waals surface area contributed by atoms with Gasteiger partial charge < -0.3 is 30.8 Å². The average molecular weight is 527 g/mol. The Morgan fingerprint density at radius 2 is 0.714 bits per heavy atom.